The minimum Gasteiger partial charge on any atom is -0.327 e. The number of hydrogen-bond acceptors (Lipinski definition) is 2. The average Bonchev–Trinajstić information content (AvgIpc) is 2.72. The maximum atomic E-state index is 4.63. The van der Waals surface area contributed by atoms with E-state index in [0.29, 0.717) is 6.04 Å². The summed E-state index contributed by atoms with van der Waals surface area (Å²) in [6.45, 7) is 12.1. The lowest BCUT2D eigenvalue weighted by molar-refractivity contribution is 0.178. The van der Waals surface area contributed by atoms with Crippen LogP contribution >= 0.6 is 0 Å². The lowest BCUT2D eigenvalue weighted by Crippen LogP contribution is -2.38. The molecule has 0 aromatic carbocycles. The van der Waals surface area contributed by atoms with Gasteiger partial charge in [-0.25, -0.2) is 4.98 Å². The first-order valence-electron chi connectivity index (χ1n) is 6.76. The van der Waals surface area contributed by atoms with E-state index in [9.17, 15) is 0 Å². The predicted octanol–water partition coefficient (Wildman–Crippen LogP) is 2.88. The minimum absolute atomic E-state index is 0.618. The van der Waals surface area contributed by atoms with Gasteiger partial charge < -0.3 is 4.57 Å². The maximum absolute atomic E-state index is 4.63. The van der Waals surface area contributed by atoms with Gasteiger partial charge >= 0.3 is 0 Å². The molecule has 0 saturated carbocycles. The topological polar surface area (TPSA) is 21.1 Å². The van der Waals surface area contributed by atoms with E-state index in [2.05, 4.69) is 48.2 Å². The zero-order chi connectivity index (χ0) is 12.9. The van der Waals surface area contributed by atoms with Crippen LogP contribution in [0.25, 0.3) is 11.0 Å². The summed E-state index contributed by atoms with van der Waals surface area (Å²) in [5, 5.41) is 1.33. The van der Waals surface area contributed by atoms with Gasteiger partial charge in [0.2, 0.25) is 0 Å². The van der Waals surface area contributed by atoms with Crippen molar-refractivity contribution in [2.24, 2.45) is 0 Å². The SMILES string of the molecule is Cc1cnc2c(cc3n2CCN(C(C)C)C3)c1C. The van der Waals surface area contributed by atoms with Crippen LogP contribution in [0.4, 0.5) is 0 Å². The molecule has 0 saturated heterocycles. The molecule has 0 bridgehead atoms. The van der Waals surface area contributed by atoms with Crippen molar-refractivity contribution in [1.29, 1.82) is 0 Å². The van der Waals surface area contributed by atoms with Crippen LogP contribution < -0.4 is 0 Å². The van der Waals surface area contributed by atoms with Crippen LogP contribution in [0, 0.1) is 13.8 Å². The van der Waals surface area contributed by atoms with Crippen LogP contribution in [0.15, 0.2) is 12.3 Å². The molecule has 0 unspecified atom stereocenters. The maximum Gasteiger partial charge on any atom is 0.140 e. The molecule has 0 amide bonds. The van der Waals surface area contributed by atoms with E-state index in [1.165, 1.54) is 22.2 Å². The molecule has 1 aliphatic rings. The van der Waals surface area contributed by atoms with Gasteiger partial charge in [-0.15, -0.1) is 0 Å². The van der Waals surface area contributed by atoms with Crippen molar-refractivity contribution in [1.82, 2.24) is 14.5 Å². The van der Waals surface area contributed by atoms with Gasteiger partial charge in [-0.05, 0) is 44.9 Å². The summed E-state index contributed by atoms with van der Waals surface area (Å²) in [5.41, 5.74) is 5.23. The van der Waals surface area contributed by atoms with Crippen molar-refractivity contribution in [3.8, 4) is 0 Å². The highest BCUT2D eigenvalue weighted by Gasteiger charge is 2.21. The number of pyridine rings is 1. The Morgan fingerprint density at radius 1 is 1.22 bits per heavy atom. The zero-order valence-electron chi connectivity index (χ0n) is 11.7. The van der Waals surface area contributed by atoms with Crippen molar-refractivity contribution < 1.29 is 0 Å². The van der Waals surface area contributed by atoms with Gasteiger partial charge in [0.25, 0.3) is 0 Å². The molecule has 96 valence electrons. The highest BCUT2D eigenvalue weighted by atomic mass is 15.2. The smallest absolute Gasteiger partial charge is 0.140 e. The Labute approximate surface area is 108 Å². The number of rotatable bonds is 1. The lowest BCUT2D eigenvalue weighted by atomic mass is 10.1. The molecule has 0 fully saturated rings. The molecule has 1 aliphatic heterocycles. The number of aromatic nitrogens is 2. The molecule has 3 nitrogen and oxygen atoms in total. The Hall–Kier alpha value is -1.35. The Morgan fingerprint density at radius 3 is 2.72 bits per heavy atom. The molecular weight excluding hydrogens is 222 g/mol. The van der Waals surface area contributed by atoms with E-state index >= 15 is 0 Å². The molecule has 2 aromatic rings. The van der Waals surface area contributed by atoms with E-state index in [1.54, 1.807) is 0 Å². The molecular formula is C15H21N3. The second kappa shape index (κ2) is 4.09. The van der Waals surface area contributed by atoms with Crippen LogP contribution in [0.3, 0.4) is 0 Å². The fraction of sp³-hybridized carbons (Fsp3) is 0.533. The summed E-state index contributed by atoms with van der Waals surface area (Å²) in [6, 6.07) is 2.95. The standard InChI is InChI=1S/C15H21N3/c1-10(2)17-5-6-18-13(9-17)7-14-12(4)11(3)8-16-15(14)18/h7-8,10H,5-6,9H2,1-4H3. The Bertz CT molecular complexity index is 595. The lowest BCUT2D eigenvalue weighted by Gasteiger charge is -2.31. The van der Waals surface area contributed by atoms with E-state index in [1.807, 2.05) is 6.20 Å². The number of hydrogen-bond donors (Lipinski definition) is 0. The molecule has 3 rings (SSSR count). The molecule has 0 aliphatic carbocycles. The van der Waals surface area contributed by atoms with Crippen LogP contribution in [-0.4, -0.2) is 27.0 Å². The van der Waals surface area contributed by atoms with Gasteiger partial charge in [0.15, 0.2) is 0 Å². The molecule has 0 spiro atoms. The molecule has 2 aromatic heterocycles. The minimum atomic E-state index is 0.618. The van der Waals surface area contributed by atoms with Crippen LogP contribution in [-0.2, 0) is 13.1 Å². The zero-order valence-corrected chi connectivity index (χ0v) is 11.7. The highest BCUT2D eigenvalue weighted by Crippen LogP contribution is 2.27. The summed E-state index contributed by atoms with van der Waals surface area (Å²) in [4.78, 5) is 7.15. The molecule has 0 N–H and O–H groups in total. The molecule has 3 heterocycles. The van der Waals surface area contributed by atoms with E-state index < -0.39 is 0 Å². The van der Waals surface area contributed by atoms with Crippen molar-refractivity contribution in [2.75, 3.05) is 6.54 Å². The van der Waals surface area contributed by atoms with Crippen LogP contribution in [0.1, 0.15) is 30.7 Å². The first-order valence-corrected chi connectivity index (χ1v) is 6.76. The van der Waals surface area contributed by atoms with Gasteiger partial charge in [0.1, 0.15) is 5.65 Å². The predicted molar refractivity (Wildman–Crippen MR) is 74.8 cm³/mol. The Balaban J connectivity index is 2.12. The third kappa shape index (κ3) is 1.65. The van der Waals surface area contributed by atoms with Crippen molar-refractivity contribution in [2.45, 2.75) is 46.8 Å². The van der Waals surface area contributed by atoms with Crippen LogP contribution in [0.2, 0.25) is 0 Å². The fourth-order valence-electron chi connectivity index (χ4n) is 2.81. The quantitative estimate of drug-likeness (QED) is 0.768. The van der Waals surface area contributed by atoms with E-state index in [-0.39, 0.29) is 0 Å². The van der Waals surface area contributed by atoms with Gasteiger partial charge in [-0.2, -0.15) is 0 Å². The summed E-state index contributed by atoms with van der Waals surface area (Å²) in [6.07, 6.45) is 2.00. The molecule has 18 heavy (non-hydrogen) atoms. The third-order valence-corrected chi connectivity index (χ3v) is 4.24. The van der Waals surface area contributed by atoms with E-state index in [4.69, 9.17) is 0 Å². The monoisotopic (exact) mass is 243 g/mol. The van der Waals surface area contributed by atoms with Gasteiger partial charge in [-0.1, -0.05) is 0 Å². The molecule has 3 heteroatoms. The van der Waals surface area contributed by atoms with Crippen molar-refractivity contribution in [3.05, 3.63) is 29.1 Å². The van der Waals surface area contributed by atoms with Crippen LogP contribution in [0.5, 0.6) is 0 Å². The highest BCUT2D eigenvalue weighted by molar-refractivity contribution is 5.82. The number of aryl methyl sites for hydroxylation is 2. The van der Waals surface area contributed by atoms with Gasteiger partial charge in [0.05, 0.1) is 0 Å². The Kier molecular flexibility index (Phi) is 2.67. The second-order valence-electron chi connectivity index (χ2n) is 5.66. The van der Waals surface area contributed by atoms with E-state index in [0.717, 1.165) is 25.3 Å². The fourth-order valence-corrected chi connectivity index (χ4v) is 2.81. The number of fused-ring (bicyclic) bond motifs is 3. The van der Waals surface area contributed by atoms with Crippen molar-refractivity contribution >= 4 is 11.0 Å². The first kappa shape index (κ1) is 11.7. The Morgan fingerprint density at radius 2 is 2.00 bits per heavy atom. The second-order valence-corrected chi connectivity index (χ2v) is 5.66. The van der Waals surface area contributed by atoms with Gasteiger partial charge in [0, 0.05) is 43.0 Å². The normalized spacial score (nSPS) is 16.5. The first-order chi connectivity index (χ1) is 8.58. The average molecular weight is 243 g/mol. The third-order valence-electron chi connectivity index (χ3n) is 4.24. The molecule has 0 atom stereocenters. The van der Waals surface area contributed by atoms with Crippen molar-refractivity contribution in [3.63, 3.8) is 0 Å². The molecule has 0 radical (unpaired) electrons. The summed E-state index contributed by atoms with van der Waals surface area (Å²) in [5.74, 6) is 0. The summed E-state index contributed by atoms with van der Waals surface area (Å²) >= 11 is 0. The number of nitrogens with zero attached hydrogens (tertiary/aromatic N) is 3. The van der Waals surface area contributed by atoms with Gasteiger partial charge in [-0.3, -0.25) is 4.90 Å². The summed E-state index contributed by atoms with van der Waals surface area (Å²) < 4.78 is 2.39. The summed E-state index contributed by atoms with van der Waals surface area (Å²) in [7, 11) is 0. The largest absolute Gasteiger partial charge is 0.327 e.